The second-order valence-corrected chi connectivity index (χ2v) is 14.2. The first kappa shape index (κ1) is 31.3. The molecule has 8 nitrogen and oxygen atoms in total. The molecule has 1 aliphatic carbocycles. The van der Waals surface area contributed by atoms with Crippen molar-refractivity contribution >= 4 is 27.3 Å². The number of amides is 1. The molecule has 0 spiro atoms. The highest BCUT2D eigenvalue weighted by molar-refractivity contribution is 7.92. The maximum atomic E-state index is 13.7. The number of aliphatic hydroxyl groups is 1. The van der Waals surface area contributed by atoms with Crippen LogP contribution in [0.2, 0.25) is 0 Å². The lowest BCUT2D eigenvalue weighted by molar-refractivity contribution is 0.0821. The lowest BCUT2D eigenvalue weighted by Crippen LogP contribution is -2.50. The van der Waals surface area contributed by atoms with Gasteiger partial charge in [0, 0.05) is 36.4 Å². The number of rotatable bonds is 15. The van der Waals surface area contributed by atoms with Gasteiger partial charge in [0.05, 0.1) is 23.6 Å². The normalized spacial score (nSPS) is 19.0. The van der Waals surface area contributed by atoms with Crippen LogP contribution >= 0.6 is 0 Å². The van der Waals surface area contributed by atoms with Crippen LogP contribution in [0, 0.1) is 5.92 Å². The predicted octanol–water partition coefficient (Wildman–Crippen LogP) is 4.70. The number of hydrogen-bond donors (Lipinski definition) is 4. The number of benzene rings is 2. The fourth-order valence-electron chi connectivity index (χ4n) is 5.65. The van der Waals surface area contributed by atoms with E-state index in [2.05, 4.69) is 29.8 Å². The van der Waals surface area contributed by atoms with Crippen molar-refractivity contribution in [3.8, 4) is 0 Å². The van der Waals surface area contributed by atoms with Crippen molar-refractivity contribution in [3.05, 3.63) is 59.7 Å². The van der Waals surface area contributed by atoms with Crippen LogP contribution in [0.5, 0.6) is 0 Å². The minimum atomic E-state index is -3.43. The van der Waals surface area contributed by atoms with Crippen LogP contribution in [0.3, 0.4) is 0 Å². The van der Waals surface area contributed by atoms with Gasteiger partial charge in [0.1, 0.15) is 0 Å². The van der Waals surface area contributed by atoms with Crippen molar-refractivity contribution in [2.75, 3.05) is 35.0 Å². The summed E-state index contributed by atoms with van der Waals surface area (Å²) in [5.41, 5.74) is 2.68. The average molecular weight is 585 g/mol. The Morgan fingerprint density at radius 1 is 1.10 bits per heavy atom. The van der Waals surface area contributed by atoms with E-state index >= 15 is 0 Å². The summed E-state index contributed by atoms with van der Waals surface area (Å²) in [5, 5.41) is 21.3. The molecule has 4 N–H and O–H groups in total. The largest absolute Gasteiger partial charge is 0.390 e. The van der Waals surface area contributed by atoms with Gasteiger partial charge in [-0.15, -0.1) is 0 Å². The number of carbonyl (C=O) groups excluding carboxylic acids is 1. The molecule has 0 bridgehead atoms. The van der Waals surface area contributed by atoms with Crippen LogP contribution in [0.1, 0.15) is 81.6 Å². The summed E-state index contributed by atoms with van der Waals surface area (Å²) in [5.74, 6) is 0.457. The molecule has 0 aromatic heterocycles. The van der Waals surface area contributed by atoms with E-state index < -0.39 is 22.2 Å². The molecule has 1 saturated carbocycles. The van der Waals surface area contributed by atoms with E-state index in [1.54, 1.807) is 18.2 Å². The summed E-state index contributed by atoms with van der Waals surface area (Å²) in [6.07, 6.45) is 6.83. The monoisotopic (exact) mass is 584 g/mol. The molecule has 9 heteroatoms. The second-order valence-electron chi connectivity index (χ2n) is 12.2. The molecule has 41 heavy (non-hydrogen) atoms. The van der Waals surface area contributed by atoms with E-state index in [4.69, 9.17) is 0 Å². The molecule has 2 fully saturated rings. The molecule has 1 saturated heterocycles. The molecule has 1 aliphatic heterocycles. The number of β-amino-alcohol motifs (C(OH)–C–C–N with tert-alkyl or cyclic N) is 1. The standard InChI is InChI=1S/C32H48N4O4S/c1-4-33-27-20-26(21-28(22-27)36-17-8-9-18-41(36,39)40)31(38)35-29(19-25-12-6-5-7-13-25)30(37)23-34-32(15-16-32)14-10-11-24(2)3/h5-7,12-13,20-22,24,29-30,33-34,37H,4,8-11,14-19,23H2,1-3H3,(H,35,38)/t29-,30+/m0/s1. The van der Waals surface area contributed by atoms with E-state index in [-0.39, 0.29) is 17.2 Å². The lowest BCUT2D eigenvalue weighted by Gasteiger charge is -2.29. The van der Waals surface area contributed by atoms with Gasteiger partial charge >= 0.3 is 0 Å². The molecule has 2 aliphatic rings. The summed E-state index contributed by atoms with van der Waals surface area (Å²) in [6, 6.07) is 14.5. The van der Waals surface area contributed by atoms with Crippen molar-refractivity contribution in [2.24, 2.45) is 5.92 Å². The van der Waals surface area contributed by atoms with Crippen molar-refractivity contribution < 1.29 is 18.3 Å². The van der Waals surface area contributed by atoms with Crippen LogP contribution in [-0.2, 0) is 16.4 Å². The van der Waals surface area contributed by atoms with Gasteiger partial charge in [0.15, 0.2) is 0 Å². The fourth-order valence-corrected chi connectivity index (χ4v) is 7.28. The van der Waals surface area contributed by atoms with Crippen molar-refractivity contribution in [2.45, 2.75) is 89.8 Å². The Bertz CT molecular complexity index is 1250. The highest BCUT2D eigenvalue weighted by Crippen LogP contribution is 2.40. The van der Waals surface area contributed by atoms with Crippen LogP contribution < -0.4 is 20.3 Å². The highest BCUT2D eigenvalue weighted by Gasteiger charge is 2.42. The Hall–Kier alpha value is -2.62. The van der Waals surface area contributed by atoms with Crippen LogP contribution in [0.15, 0.2) is 48.5 Å². The maximum Gasteiger partial charge on any atom is 0.251 e. The van der Waals surface area contributed by atoms with Gasteiger partial charge in [-0.2, -0.15) is 0 Å². The Balaban J connectivity index is 1.51. The molecule has 1 heterocycles. The first-order chi connectivity index (χ1) is 19.6. The molecular weight excluding hydrogens is 536 g/mol. The Morgan fingerprint density at radius 2 is 1.85 bits per heavy atom. The summed E-state index contributed by atoms with van der Waals surface area (Å²) in [6.45, 7) is 7.88. The maximum absolute atomic E-state index is 13.7. The van der Waals surface area contributed by atoms with E-state index in [1.165, 1.54) is 17.1 Å². The summed E-state index contributed by atoms with van der Waals surface area (Å²) in [7, 11) is -3.43. The van der Waals surface area contributed by atoms with Gasteiger partial charge in [0.25, 0.3) is 5.91 Å². The number of nitrogens with one attached hydrogen (secondary N) is 3. The minimum Gasteiger partial charge on any atom is -0.390 e. The van der Waals surface area contributed by atoms with Gasteiger partial charge < -0.3 is 21.1 Å². The van der Waals surface area contributed by atoms with Gasteiger partial charge in [-0.1, -0.05) is 57.0 Å². The third kappa shape index (κ3) is 8.93. The van der Waals surface area contributed by atoms with Crippen LogP contribution in [-0.4, -0.2) is 62.5 Å². The van der Waals surface area contributed by atoms with E-state index in [0.29, 0.717) is 55.3 Å². The highest BCUT2D eigenvalue weighted by atomic mass is 32.2. The van der Waals surface area contributed by atoms with Crippen LogP contribution in [0.4, 0.5) is 11.4 Å². The second kappa shape index (κ2) is 14.0. The fraction of sp³-hybridized carbons (Fsp3) is 0.594. The third-order valence-corrected chi connectivity index (χ3v) is 10.1. The quantitative estimate of drug-likeness (QED) is 0.242. The predicted molar refractivity (Wildman–Crippen MR) is 167 cm³/mol. The SMILES string of the molecule is CCNc1cc(C(=O)N[C@@H](Cc2ccccc2)[C@H](O)CNC2(CCCC(C)C)CC2)cc(N2CCCCS2(=O)=O)c1. The molecule has 4 rings (SSSR count). The topological polar surface area (TPSA) is 111 Å². The minimum absolute atomic E-state index is 0.103. The Labute approximate surface area is 246 Å². The van der Waals surface area contributed by atoms with E-state index in [9.17, 15) is 18.3 Å². The molecule has 0 unspecified atom stereocenters. The zero-order valence-corrected chi connectivity index (χ0v) is 25.7. The first-order valence-corrected chi connectivity index (χ1v) is 16.9. The molecule has 2 aromatic rings. The molecule has 2 aromatic carbocycles. The zero-order chi connectivity index (χ0) is 29.5. The number of nitrogens with zero attached hydrogens (tertiary/aromatic N) is 1. The molecule has 0 radical (unpaired) electrons. The number of anilines is 2. The molecular formula is C32H48N4O4S. The molecule has 1 amide bonds. The van der Waals surface area contributed by atoms with Gasteiger partial charge in [-0.25, -0.2) is 8.42 Å². The zero-order valence-electron chi connectivity index (χ0n) is 24.9. The van der Waals surface area contributed by atoms with Gasteiger partial charge in [0.2, 0.25) is 10.0 Å². The first-order valence-electron chi connectivity index (χ1n) is 15.3. The lowest BCUT2D eigenvalue weighted by atomic mass is 9.99. The number of hydrogen-bond acceptors (Lipinski definition) is 6. The van der Waals surface area contributed by atoms with Gasteiger partial charge in [-0.05, 0) is 75.1 Å². The van der Waals surface area contributed by atoms with Crippen molar-refractivity contribution in [1.82, 2.24) is 10.6 Å². The summed E-state index contributed by atoms with van der Waals surface area (Å²) >= 11 is 0. The molecule has 2 atom stereocenters. The van der Waals surface area contributed by atoms with Crippen LogP contribution in [0.25, 0.3) is 0 Å². The third-order valence-electron chi connectivity index (χ3n) is 8.25. The Morgan fingerprint density at radius 3 is 2.51 bits per heavy atom. The van der Waals surface area contributed by atoms with E-state index in [0.717, 1.165) is 31.2 Å². The summed E-state index contributed by atoms with van der Waals surface area (Å²) < 4.78 is 27.1. The van der Waals surface area contributed by atoms with Crippen molar-refractivity contribution in [3.63, 3.8) is 0 Å². The van der Waals surface area contributed by atoms with Gasteiger partial charge in [-0.3, -0.25) is 9.10 Å². The average Bonchev–Trinajstić information content (AvgIpc) is 3.71. The molecule has 226 valence electrons. The smallest absolute Gasteiger partial charge is 0.251 e. The summed E-state index contributed by atoms with van der Waals surface area (Å²) in [4.78, 5) is 13.7. The number of aliphatic hydroxyl groups excluding tert-OH is 1. The number of sulfonamides is 1. The van der Waals surface area contributed by atoms with E-state index in [1.807, 2.05) is 37.3 Å². The number of carbonyl (C=O) groups is 1. The van der Waals surface area contributed by atoms with Crippen molar-refractivity contribution in [1.29, 1.82) is 0 Å². The Kier molecular flexibility index (Phi) is 10.7.